The summed E-state index contributed by atoms with van der Waals surface area (Å²) >= 11 is 0. The SMILES string of the molecule is C=CC1(C)CCC(C(C)(C)OC(=O)OCC)O1. The molecule has 1 aliphatic heterocycles. The molecule has 1 aliphatic rings. The van der Waals surface area contributed by atoms with Crippen molar-refractivity contribution in [1.82, 2.24) is 0 Å². The van der Waals surface area contributed by atoms with Crippen LogP contribution in [0.3, 0.4) is 0 Å². The average molecular weight is 242 g/mol. The van der Waals surface area contributed by atoms with Crippen molar-refractivity contribution < 1.29 is 19.0 Å². The van der Waals surface area contributed by atoms with E-state index in [9.17, 15) is 4.79 Å². The van der Waals surface area contributed by atoms with E-state index in [0.717, 1.165) is 12.8 Å². The number of hydrogen-bond acceptors (Lipinski definition) is 4. The quantitative estimate of drug-likeness (QED) is 0.561. The molecular weight excluding hydrogens is 220 g/mol. The van der Waals surface area contributed by atoms with Gasteiger partial charge in [-0.15, -0.1) is 6.58 Å². The molecule has 0 radical (unpaired) electrons. The summed E-state index contributed by atoms with van der Waals surface area (Å²) in [6, 6.07) is 0. The largest absolute Gasteiger partial charge is 0.508 e. The van der Waals surface area contributed by atoms with Gasteiger partial charge in [-0.2, -0.15) is 0 Å². The van der Waals surface area contributed by atoms with Gasteiger partial charge in [0.15, 0.2) is 0 Å². The highest BCUT2D eigenvalue weighted by atomic mass is 16.7. The average Bonchev–Trinajstić information content (AvgIpc) is 2.62. The molecule has 0 aromatic rings. The molecule has 2 atom stereocenters. The summed E-state index contributed by atoms with van der Waals surface area (Å²) in [7, 11) is 0. The smallest absolute Gasteiger partial charge is 0.435 e. The lowest BCUT2D eigenvalue weighted by Crippen LogP contribution is -2.42. The van der Waals surface area contributed by atoms with E-state index >= 15 is 0 Å². The van der Waals surface area contributed by atoms with Gasteiger partial charge in [0, 0.05) is 0 Å². The van der Waals surface area contributed by atoms with Gasteiger partial charge in [0.25, 0.3) is 0 Å². The van der Waals surface area contributed by atoms with Crippen LogP contribution in [0.15, 0.2) is 12.7 Å². The first-order valence-corrected chi connectivity index (χ1v) is 6.00. The van der Waals surface area contributed by atoms with Crippen LogP contribution in [0.4, 0.5) is 4.79 Å². The van der Waals surface area contributed by atoms with Crippen LogP contribution < -0.4 is 0 Å². The van der Waals surface area contributed by atoms with Crippen LogP contribution in [0.2, 0.25) is 0 Å². The van der Waals surface area contributed by atoms with E-state index in [-0.39, 0.29) is 11.7 Å². The molecular formula is C13H22O4. The summed E-state index contributed by atoms with van der Waals surface area (Å²) in [4.78, 5) is 11.3. The Morgan fingerprint density at radius 1 is 1.65 bits per heavy atom. The van der Waals surface area contributed by atoms with Crippen LogP contribution in [0.25, 0.3) is 0 Å². The molecule has 0 aromatic heterocycles. The molecule has 17 heavy (non-hydrogen) atoms. The minimum absolute atomic E-state index is 0.130. The predicted octanol–water partition coefficient (Wildman–Crippen LogP) is 3.06. The molecule has 0 bridgehead atoms. The Morgan fingerprint density at radius 3 is 2.76 bits per heavy atom. The molecule has 0 amide bonds. The standard InChI is InChI=1S/C13H22O4/c1-6-13(5)9-8-10(16-13)12(3,4)17-11(14)15-7-2/h6,10H,1,7-9H2,2-5H3. The van der Waals surface area contributed by atoms with Crippen molar-refractivity contribution in [3.63, 3.8) is 0 Å². The molecule has 1 rings (SSSR count). The maximum Gasteiger partial charge on any atom is 0.508 e. The minimum Gasteiger partial charge on any atom is -0.435 e. The Hall–Kier alpha value is -1.03. The third kappa shape index (κ3) is 3.46. The fraction of sp³-hybridized carbons (Fsp3) is 0.769. The Kier molecular flexibility index (Phi) is 4.20. The predicted molar refractivity (Wildman–Crippen MR) is 64.9 cm³/mol. The molecule has 1 heterocycles. The third-order valence-electron chi connectivity index (χ3n) is 3.13. The molecule has 0 N–H and O–H groups in total. The van der Waals surface area contributed by atoms with E-state index in [1.165, 1.54) is 0 Å². The Labute approximate surface area is 103 Å². The minimum atomic E-state index is -0.687. The Bertz CT molecular complexity index is 298. The summed E-state index contributed by atoms with van der Waals surface area (Å²) < 4.78 is 15.9. The van der Waals surface area contributed by atoms with Crippen molar-refractivity contribution in [3.8, 4) is 0 Å². The van der Waals surface area contributed by atoms with Crippen LogP contribution in [-0.4, -0.2) is 30.1 Å². The van der Waals surface area contributed by atoms with Crippen LogP contribution in [0.1, 0.15) is 40.5 Å². The van der Waals surface area contributed by atoms with E-state index in [0.29, 0.717) is 6.61 Å². The molecule has 0 aromatic carbocycles. The highest BCUT2D eigenvalue weighted by Crippen LogP contribution is 2.37. The van der Waals surface area contributed by atoms with Crippen molar-refractivity contribution in [2.24, 2.45) is 0 Å². The lowest BCUT2D eigenvalue weighted by molar-refractivity contribution is -0.117. The zero-order chi connectivity index (χ0) is 13.1. The van der Waals surface area contributed by atoms with Gasteiger partial charge in [-0.05, 0) is 40.5 Å². The molecule has 0 saturated carbocycles. The van der Waals surface area contributed by atoms with E-state index < -0.39 is 11.8 Å². The van der Waals surface area contributed by atoms with Crippen LogP contribution in [0.5, 0.6) is 0 Å². The second-order valence-electron chi connectivity index (χ2n) is 5.05. The lowest BCUT2D eigenvalue weighted by atomic mass is 9.97. The van der Waals surface area contributed by atoms with Crippen molar-refractivity contribution in [1.29, 1.82) is 0 Å². The topological polar surface area (TPSA) is 44.8 Å². The first-order valence-electron chi connectivity index (χ1n) is 6.00. The zero-order valence-electron chi connectivity index (χ0n) is 11.1. The summed E-state index contributed by atoms with van der Waals surface area (Å²) in [5.41, 5.74) is -1.01. The van der Waals surface area contributed by atoms with E-state index in [1.54, 1.807) is 13.0 Å². The van der Waals surface area contributed by atoms with Crippen molar-refractivity contribution in [2.75, 3.05) is 6.61 Å². The van der Waals surface area contributed by atoms with Crippen LogP contribution in [0, 0.1) is 0 Å². The van der Waals surface area contributed by atoms with E-state index in [4.69, 9.17) is 14.2 Å². The number of carbonyl (C=O) groups is 1. The lowest BCUT2D eigenvalue weighted by Gasteiger charge is -2.32. The summed E-state index contributed by atoms with van der Waals surface area (Å²) in [6.45, 7) is 11.5. The molecule has 1 fully saturated rings. The maximum atomic E-state index is 11.3. The normalized spacial score (nSPS) is 28.8. The second-order valence-corrected chi connectivity index (χ2v) is 5.05. The Morgan fingerprint density at radius 2 is 2.29 bits per heavy atom. The summed E-state index contributed by atoms with van der Waals surface area (Å²) in [5, 5.41) is 0. The first kappa shape index (κ1) is 14.0. The highest BCUT2D eigenvalue weighted by Gasteiger charge is 2.44. The van der Waals surface area contributed by atoms with Gasteiger partial charge in [-0.3, -0.25) is 0 Å². The number of carbonyl (C=O) groups excluding carboxylic acids is 1. The highest BCUT2D eigenvalue weighted by molar-refractivity contribution is 5.60. The zero-order valence-corrected chi connectivity index (χ0v) is 11.1. The second kappa shape index (κ2) is 5.08. The fourth-order valence-corrected chi connectivity index (χ4v) is 1.93. The first-order chi connectivity index (χ1) is 7.83. The molecule has 4 heteroatoms. The summed E-state index contributed by atoms with van der Waals surface area (Å²) in [5.74, 6) is 0. The molecule has 0 spiro atoms. The van der Waals surface area contributed by atoms with Gasteiger partial charge >= 0.3 is 6.16 Å². The number of rotatable bonds is 4. The monoisotopic (exact) mass is 242 g/mol. The Balaban J connectivity index is 2.60. The molecule has 0 aliphatic carbocycles. The van der Waals surface area contributed by atoms with Gasteiger partial charge in [-0.25, -0.2) is 4.79 Å². The third-order valence-corrected chi connectivity index (χ3v) is 3.13. The van der Waals surface area contributed by atoms with Crippen molar-refractivity contribution in [3.05, 3.63) is 12.7 Å². The molecule has 4 nitrogen and oxygen atoms in total. The van der Waals surface area contributed by atoms with E-state index in [1.807, 2.05) is 20.8 Å². The van der Waals surface area contributed by atoms with Gasteiger partial charge in [-0.1, -0.05) is 6.08 Å². The molecule has 1 saturated heterocycles. The van der Waals surface area contributed by atoms with Crippen molar-refractivity contribution in [2.45, 2.75) is 57.8 Å². The van der Waals surface area contributed by atoms with Gasteiger partial charge < -0.3 is 14.2 Å². The van der Waals surface area contributed by atoms with E-state index in [2.05, 4.69) is 6.58 Å². The van der Waals surface area contributed by atoms with Gasteiger partial charge in [0.2, 0.25) is 0 Å². The number of hydrogen-bond donors (Lipinski definition) is 0. The van der Waals surface area contributed by atoms with Gasteiger partial charge in [0.05, 0.1) is 18.3 Å². The molecule has 98 valence electrons. The van der Waals surface area contributed by atoms with Gasteiger partial charge in [0.1, 0.15) is 5.60 Å². The fourth-order valence-electron chi connectivity index (χ4n) is 1.93. The number of ether oxygens (including phenoxy) is 3. The maximum absolute atomic E-state index is 11.3. The summed E-state index contributed by atoms with van der Waals surface area (Å²) in [6.07, 6.45) is 2.75. The molecule has 2 unspecified atom stereocenters. The van der Waals surface area contributed by atoms with Crippen LogP contribution >= 0.6 is 0 Å². The van der Waals surface area contributed by atoms with Crippen LogP contribution in [-0.2, 0) is 14.2 Å². The van der Waals surface area contributed by atoms with Crippen molar-refractivity contribution >= 4 is 6.16 Å².